The normalized spacial score (nSPS) is 26.1. The number of ether oxygens (including phenoxy) is 1. The topological polar surface area (TPSA) is 102 Å². The molecule has 0 bridgehead atoms. The largest absolute Gasteiger partial charge is 0.377 e. The van der Waals surface area contributed by atoms with Crippen molar-refractivity contribution in [3.63, 3.8) is 0 Å². The highest BCUT2D eigenvalue weighted by molar-refractivity contribution is 7.89. The number of nitrogens with one attached hydrogen (secondary N) is 2. The summed E-state index contributed by atoms with van der Waals surface area (Å²) < 4.78 is 36.0. The molecule has 2 N–H and O–H groups in total. The lowest BCUT2D eigenvalue weighted by Crippen LogP contribution is -2.50. The number of carbonyl (C=O) groups is 1. The average molecular weight is 399 g/mol. The molecule has 2 fully saturated rings. The van der Waals surface area contributed by atoms with E-state index in [2.05, 4.69) is 15.1 Å². The van der Waals surface area contributed by atoms with Crippen molar-refractivity contribution in [2.24, 2.45) is 13.0 Å². The summed E-state index contributed by atoms with van der Waals surface area (Å²) in [5.41, 5.74) is 0.576. The van der Waals surface area contributed by atoms with Crippen LogP contribution in [-0.4, -0.2) is 48.9 Å². The lowest BCUT2D eigenvalue weighted by Gasteiger charge is -2.35. The van der Waals surface area contributed by atoms with Gasteiger partial charge in [0.2, 0.25) is 15.9 Å². The molecule has 2 saturated carbocycles. The Morgan fingerprint density at radius 3 is 2.67 bits per heavy atom. The lowest BCUT2D eigenvalue weighted by molar-refractivity contribution is -0.127. The number of nitrogens with zero attached hydrogens (tertiary/aromatic N) is 2. The van der Waals surface area contributed by atoms with E-state index in [0.717, 1.165) is 25.7 Å². The zero-order chi connectivity index (χ0) is 19.6. The first-order valence-corrected chi connectivity index (χ1v) is 11.2. The molecule has 152 valence electrons. The van der Waals surface area contributed by atoms with Gasteiger partial charge in [-0.2, -0.15) is 5.10 Å². The number of hydrogen-bond acceptors (Lipinski definition) is 5. The number of aromatic nitrogens is 2. The van der Waals surface area contributed by atoms with Gasteiger partial charge in [0.15, 0.2) is 0 Å². The minimum Gasteiger partial charge on any atom is -0.377 e. The van der Waals surface area contributed by atoms with Crippen LogP contribution in [0.4, 0.5) is 0 Å². The van der Waals surface area contributed by atoms with Gasteiger partial charge < -0.3 is 10.1 Å². The van der Waals surface area contributed by atoms with Crippen molar-refractivity contribution < 1.29 is 17.9 Å². The van der Waals surface area contributed by atoms with E-state index in [4.69, 9.17) is 4.74 Å². The second kappa shape index (κ2) is 8.28. The Hall–Kier alpha value is -1.45. The fourth-order valence-electron chi connectivity index (χ4n) is 3.53. The number of carbonyl (C=O) groups excluding carboxylic acids is 1. The molecule has 0 aromatic carbocycles. The van der Waals surface area contributed by atoms with Gasteiger partial charge >= 0.3 is 0 Å². The molecule has 27 heavy (non-hydrogen) atoms. The van der Waals surface area contributed by atoms with Gasteiger partial charge in [-0.25, -0.2) is 13.1 Å². The predicted molar refractivity (Wildman–Crippen MR) is 101 cm³/mol. The van der Waals surface area contributed by atoms with Crippen LogP contribution in [0.25, 0.3) is 0 Å². The molecule has 0 saturated heterocycles. The number of amides is 1. The van der Waals surface area contributed by atoms with E-state index in [9.17, 15) is 13.2 Å². The maximum absolute atomic E-state index is 12.9. The molecule has 3 rings (SSSR count). The van der Waals surface area contributed by atoms with Crippen molar-refractivity contribution in [3.05, 3.63) is 11.9 Å². The van der Waals surface area contributed by atoms with Crippen LogP contribution < -0.4 is 10.0 Å². The third-order valence-corrected chi connectivity index (χ3v) is 7.00. The summed E-state index contributed by atoms with van der Waals surface area (Å²) in [6.45, 7) is 4.32. The fraction of sp³-hybridized carbons (Fsp3) is 0.778. The van der Waals surface area contributed by atoms with Crippen molar-refractivity contribution >= 4 is 15.9 Å². The molecule has 0 unspecified atom stereocenters. The Kier molecular flexibility index (Phi) is 6.22. The summed E-state index contributed by atoms with van der Waals surface area (Å²) in [5.74, 6) is -0.150. The van der Waals surface area contributed by atoms with E-state index in [1.807, 2.05) is 6.92 Å². The van der Waals surface area contributed by atoms with Crippen LogP contribution in [0.5, 0.6) is 0 Å². The first kappa shape index (κ1) is 20.3. The molecule has 0 aliphatic heterocycles. The lowest BCUT2D eigenvalue weighted by atomic mass is 9.83. The summed E-state index contributed by atoms with van der Waals surface area (Å²) >= 11 is 0. The number of hydrogen-bond donors (Lipinski definition) is 2. The van der Waals surface area contributed by atoms with Crippen LogP contribution in [0, 0.1) is 12.8 Å². The zero-order valence-electron chi connectivity index (χ0n) is 16.3. The molecule has 1 aromatic heterocycles. The first-order chi connectivity index (χ1) is 12.8. The average Bonchev–Trinajstić information content (AvgIpc) is 3.37. The standard InChI is InChI=1S/C18H30N4O4S/c1-4-9-26-16-8-5-13(18(23)20-14-6-7-14)10-15(16)21-27(24,25)17-11-19-22(3)12(17)2/h11,13-16,21H,4-10H2,1-3H3,(H,20,23)/t13-,15+,16+/m0/s1. The maximum Gasteiger partial charge on any atom is 0.244 e. The Morgan fingerprint density at radius 1 is 1.33 bits per heavy atom. The molecule has 8 nitrogen and oxygen atoms in total. The molecule has 2 aliphatic carbocycles. The molecule has 9 heteroatoms. The van der Waals surface area contributed by atoms with E-state index < -0.39 is 16.1 Å². The Labute approximate surface area is 161 Å². The van der Waals surface area contributed by atoms with E-state index in [1.165, 1.54) is 10.9 Å². The monoisotopic (exact) mass is 398 g/mol. The van der Waals surface area contributed by atoms with Crippen molar-refractivity contribution in [2.45, 2.75) is 75.5 Å². The fourth-order valence-corrected chi connectivity index (χ4v) is 5.01. The van der Waals surface area contributed by atoms with Gasteiger partial charge in [0.25, 0.3) is 0 Å². The van der Waals surface area contributed by atoms with Gasteiger partial charge in [0.1, 0.15) is 4.90 Å². The number of rotatable bonds is 8. The summed E-state index contributed by atoms with van der Waals surface area (Å²) in [7, 11) is -2.02. The van der Waals surface area contributed by atoms with Gasteiger partial charge in [-0.3, -0.25) is 9.48 Å². The van der Waals surface area contributed by atoms with E-state index in [1.54, 1.807) is 14.0 Å². The van der Waals surface area contributed by atoms with Crippen LogP contribution in [0.1, 0.15) is 51.1 Å². The SMILES string of the molecule is CCCO[C@@H]1CC[C@H](C(=O)NC2CC2)C[C@H]1NS(=O)(=O)c1cnn(C)c1C. The molecule has 0 radical (unpaired) electrons. The van der Waals surface area contributed by atoms with E-state index >= 15 is 0 Å². The van der Waals surface area contributed by atoms with Gasteiger partial charge in [-0.1, -0.05) is 6.92 Å². The molecule has 1 aromatic rings. The van der Waals surface area contributed by atoms with Crippen LogP contribution in [0.2, 0.25) is 0 Å². The molecule has 2 aliphatic rings. The minimum atomic E-state index is -3.73. The third kappa shape index (κ3) is 4.89. The number of aryl methyl sites for hydroxylation is 1. The van der Waals surface area contributed by atoms with Crippen molar-refractivity contribution in [1.82, 2.24) is 19.8 Å². The predicted octanol–water partition coefficient (Wildman–Crippen LogP) is 1.25. The van der Waals surface area contributed by atoms with Gasteiger partial charge in [-0.15, -0.1) is 0 Å². The highest BCUT2D eigenvalue weighted by Crippen LogP contribution is 2.30. The summed E-state index contributed by atoms with van der Waals surface area (Å²) in [6, 6.07) is -0.121. The third-order valence-electron chi connectivity index (χ3n) is 5.40. The Bertz CT molecular complexity index is 772. The van der Waals surface area contributed by atoms with Crippen LogP contribution >= 0.6 is 0 Å². The van der Waals surface area contributed by atoms with Gasteiger partial charge in [0, 0.05) is 31.7 Å². The Morgan fingerprint density at radius 2 is 2.07 bits per heavy atom. The quantitative estimate of drug-likeness (QED) is 0.686. The summed E-state index contributed by atoms with van der Waals surface area (Å²) in [4.78, 5) is 12.6. The second-order valence-corrected chi connectivity index (χ2v) is 9.33. The zero-order valence-corrected chi connectivity index (χ0v) is 17.1. The summed E-state index contributed by atoms with van der Waals surface area (Å²) in [6.07, 6.45) is 5.92. The van der Waals surface area contributed by atoms with Gasteiger partial charge in [-0.05, 0) is 45.4 Å². The van der Waals surface area contributed by atoms with Crippen molar-refractivity contribution in [1.29, 1.82) is 0 Å². The van der Waals surface area contributed by atoms with Crippen molar-refractivity contribution in [3.8, 4) is 0 Å². The first-order valence-electron chi connectivity index (χ1n) is 9.74. The van der Waals surface area contributed by atoms with Crippen LogP contribution in [0.3, 0.4) is 0 Å². The molecule has 1 heterocycles. The second-order valence-electron chi connectivity index (χ2n) is 7.65. The molecule has 1 amide bonds. The van der Waals surface area contributed by atoms with E-state index in [-0.39, 0.29) is 22.8 Å². The highest BCUT2D eigenvalue weighted by atomic mass is 32.2. The highest BCUT2D eigenvalue weighted by Gasteiger charge is 2.38. The molecule has 3 atom stereocenters. The van der Waals surface area contributed by atoms with E-state index in [0.29, 0.717) is 31.2 Å². The van der Waals surface area contributed by atoms with Crippen LogP contribution in [-0.2, 0) is 26.6 Å². The molecular formula is C18H30N4O4S. The molecule has 0 spiro atoms. The van der Waals surface area contributed by atoms with Crippen molar-refractivity contribution in [2.75, 3.05) is 6.61 Å². The van der Waals surface area contributed by atoms with Gasteiger partial charge in [0.05, 0.1) is 18.0 Å². The molecular weight excluding hydrogens is 368 g/mol. The summed E-state index contributed by atoms with van der Waals surface area (Å²) in [5, 5.41) is 7.07. The Balaban J connectivity index is 1.73. The van der Waals surface area contributed by atoms with Crippen LogP contribution in [0.15, 0.2) is 11.1 Å². The maximum atomic E-state index is 12.9. The minimum absolute atomic E-state index is 0.0354. The smallest absolute Gasteiger partial charge is 0.244 e. The number of sulfonamides is 1.